The predicted octanol–water partition coefficient (Wildman–Crippen LogP) is 3.42. The van der Waals surface area contributed by atoms with Crippen LogP contribution in [0.5, 0.6) is 0 Å². The lowest BCUT2D eigenvalue weighted by atomic mass is 9.74. The third-order valence-corrected chi connectivity index (χ3v) is 6.43. The minimum absolute atomic E-state index is 0.784. The average Bonchev–Trinajstić information content (AvgIpc) is 2.40. The first-order chi connectivity index (χ1) is 9.19. The zero-order valence-electron chi connectivity index (χ0n) is 13.1. The van der Waals surface area contributed by atoms with Crippen LogP contribution in [0.1, 0.15) is 65.2 Å². The van der Waals surface area contributed by atoms with Crippen LogP contribution in [0.3, 0.4) is 0 Å². The minimum atomic E-state index is 0.784. The van der Waals surface area contributed by atoms with Gasteiger partial charge in [-0.25, -0.2) is 0 Å². The Balaban J connectivity index is 1.70. The maximum atomic E-state index is 3.55. The van der Waals surface area contributed by atoms with Gasteiger partial charge in [-0.2, -0.15) is 0 Å². The van der Waals surface area contributed by atoms with E-state index in [1.54, 1.807) is 0 Å². The molecule has 2 heterocycles. The molecule has 2 saturated heterocycles. The van der Waals surface area contributed by atoms with E-state index >= 15 is 0 Å². The van der Waals surface area contributed by atoms with Crippen molar-refractivity contribution in [2.45, 2.75) is 89.4 Å². The summed E-state index contributed by atoms with van der Waals surface area (Å²) in [6.07, 6.45) is 11.5. The standard InChI is InChI=1S/C17H32N2/c1-12-7-8-17(9-13(12)2)19-15-5-4-6-16(19)11-14(10-15)18-3/h12-18H,4-11H2,1-3H3. The molecule has 0 aromatic carbocycles. The molecule has 5 unspecified atom stereocenters. The maximum Gasteiger partial charge on any atom is 0.0116 e. The predicted molar refractivity (Wildman–Crippen MR) is 81.3 cm³/mol. The molecule has 0 spiro atoms. The molecule has 0 radical (unpaired) electrons. The van der Waals surface area contributed by atoms with Crippen molar-refractivity contribution in [1.29, 1.82) is 0 Å². The monoisotopic (exact) mass is 264 g/mol. The fraction of sp³-hybridized carbons (Fsp3) is 1.00. The molecule has 3 aliphatic rings. The molecule has 2 nitrogen and oxygen atoms in total. The van der Waals surface area contributed by atoms with Gasteiger partial charge in [0.1, 0.15) is 0 Å². The number of nitrogens with zero attached hydrogens (tertiary/aromatic N) is 1. The van der Waals surface area contributed by atoms with Gasteiger partial charge in [-0.15, -0.1) is 0 Å². The van der Waals surface area contributed by atoms with Crippen molar-refractivity contribution in [3.05, 3.63) is 0 Å². The Hall–Kier alpha value is -0.0800. The Bertz CT molecular complexity index is 290. The zero-order chi connectivity index (χ0) is 13.4. The van der Waals surface area contributed by atoms with E-state index in [1.807, 2.05) is 0 Å². The molecule has 19 heavy (non-hydrogen) atoms. The fourth-order valence-electron chi connectivity index (χ4n) is 5.04. The van der Waals surface area contributed by atoms with Gasteiger partial charge in [0.15, 0.2) is 0 Å². The first kappa shape index (κ1) is 13.9. The first-order valence-electron chi connectivity index (χ1n) is 8.63. The minimum Gasteiger partial charge on any atom is -0.317 e. The van der Waals surface area contributed by atoms with Crippen molar-refractivity contribution >= 4 is 0 Å². The molecule has 3 fully saturated rings. The summed E-state index contributed by atoms with van der Waals surface area (Å²) < 4.78 is 0. The van der Waals surface area contributed by atoms with E-state index < -0.39 is 0 Å². The fourth-order valence-corrected chi connectivity index (χ4v) is 5.04. The molecule has 0 amide bonds. The van der Waals surface area contributed by atoms with Crippen LogP contribution in [0.25, 0.3) is 0 Å². The van der Waals surface area contributed by atoms with E-state index in [9.17, 15) is 0 Å². The summed E-state index contributed by atoms with van der Waals surface area (Å²) in [6, 6.07) is 3.46. The van der Waals surface area contributed by atoms with Gasteiger partial charge >= 0.3 is 0 Å². The van der Waals surface area contributed by atoms with Gasteiger partial charge in [0, 0.05) is 24.2 Å². The highest BCUT2D eigenvalue weighted by molar-refractivity contribution is 4.98. The molecule has 0 aromatic rings. The number of hydrogen-bond donors (Lipinski definition) is 1. The van der Waals surface area contributed by atoms with Crippen LogP contribution >= 0.6 is 0 Å². The van der Waals surface area contributed by atoms with Gasteiger partial charge < -0.3 is 5.32 Å². The van der Waals surface area contributed by atoms with Gasteiger partial charge in [-0.3, -0.25) is 4.90 Å². The van der Waals surface area contributed by atoms with Gasteiger partial charge in [0.25, 0.3) is 0 Å². The van der Waals surface area contributed by atoms with E-state index in [0.717, 1.165) is 36.0 Å². The second-order valence-electron chi connectivity index (χ2n) is 7.56. The topological polar surface area (TPSA) is 15.3 Å². The van der Waals surface area contributed by atoms with Crippen molar-refractivity contribution in [3.63, 3.8) is 0 Å². The highest BCUT2D eigenvalue weighted by atomic mass is 15.2. The average molecular weight is 264 g/mol. The van der Waals surface area contributed by atoms with E-state index in [4.69, 9.17) is 0 Å². The van der Waals surface area contributed by atoms with Crippen molar-refractivity contribution < 1.29 is 0 Å². The second kappa shape index (κ2) is 5.73. The molecule has 0 aromatic heterocycles. The highest BCUT2D eigenvalue weighted by Crippen LogP contribution is 2.41. The van der Waals surface area contributed by atoms with Gasteiger partial charge in [-0.1, -0.05) is 20.3 Å². The summed E-state index contributed by atoms with van der Waals surface area (Å²) in [5.74, 6) is 1.88. The second-order valence-corrected chi connectivity index (χ2v) is 7.56. The van der Waals surface area contributed by atoms with Crippen LogP contribution in [0.15, 0.2) is 0 Å². The Morgan fingerprint density at radius 1 is 0.789 bits per heavy atom. The summed E-state index contributed by atoms with van der Waals surface area (Å²) in [7, 11) is 2.15. The van der Waals surface area contributed by atoms with Gasteiger partial charge in [-0.05, 0) is 63.8 Å². The number of nitrogens with one attached hydrogen (secondary N) is 1. The molecule has 110 valence electrons. The summed E-state index contributed by atoms with van der Waals surface area (Å²) in [5.41, 5.74) is 0. The lowest BCUT2D eigenvalue weighted by Gasteiger charge is -2.54. The first-order valence-corrected chi connectivity index (χ1v) is 8.63. The van der Waals surface area contributed by atoms with Crippen LogP contribution in [-0.2, 0) is 0 Å². The third-order valence-electron chi connectivity index (χ3n) is 6.43. The van der Waals surface area contributed by atoms with Crippen LogP contribution in [-0.4, -0.2) is 36.1 Å². The van der Waals surface area contributed by atoms with Crippen LogP contribution in [0, 0.1) is 11.8 Å². The zero-order valence-corrected chi connectivity index (χ0v) is 13.1. The van der Waals surface area contributed by atoms with Crippen LogP contribution < -0.4 is 5.32 Å². The summed E-state index contributed by atoms with van der Waals surface area (Å²) in [6.45, 7) is 4.93. The SMILES string of the molecule is CNC1CC2CCCC(C1)N2C1CCC(C)C(C)C1. The van der Waals surface area contributed by atoms with Crippen molar-refractivity contribution in [3.8, 4) is 0 Å². The smallest absolute Gasteiger partial charge is 0.0116 e. The Labute approximate surface area is 119 Å². The number of rotatable bonds is 2. The summed E-state index contributed by atoms with van der Waals surface area (Å²) >= 11 is 0. The lowest BCUT2D eigenvalue weighted by Crippen LogP contribution is -2.60. The van der Waals surface area contributed by atoms with Crippen molar-refractivity contribution in [1.82, 2.24) is 10.2 Å². The van der Waals surface area contributed by atoms with Crippen molar-refractivity contribution in [2.24, 2.45) is 11.8 Å². The van der Waals surface area contributed by atoms with Gasteiger partial charge in [0.2, 0.25) is 0 Å². The lowest BCUT2D eigenvalue weighted by molar-refractivity contribution is -0.0329. The van der Waals surface area contributed by atoms with E-state index in [-0.39, 0.29) is 0 Å². The Morgan fingerprint density at radius 2 is 1.42 bits per heavy atom. The normalized spacial score (nSPS) is 48.2. The summed E-state index contributed by atoms with van der Waals surface area (Å²) in [4.78, 5) is 2.99. The van der Waals surface area contributed by atoms with E-state index in [2.05, 4.69) is 31.1 Å². The molecule has 3 rings (SSSR count). The molecule has 1 saturated carbocycles. The molecule has 5 atom stereocenters. The maximum absolute atomic E-state index is 3.55. The molecular formula is C17H32N2. The highest BCUT2D eigenvalue weighted by Gasteiger charge is 2.42. The third kappa shape index (κ3) is 2.71. The Kier molecular flexibility index (Phi) is 4.19. The van der Waals surface area contributed by atoms with Gasteiger partial charge in [0.05, 0.1) is 0 Å². The largest absolute Gasteiger partial charge is 0.317 e. The molecule has 2 heteroatoms. The molecule has 1 N–H and O–H groups in total. The van der Waals surface area contributed by atoms with E-state index in [1.165, 1.54) is 51.4 Å². The van der Waals surface area contributed by atoms with E-state index in [0.29, 0.717) is 0 Å². The quantitative estimate of drug-likeness (QED) is 0.822. The molecule has 2 aliphatic heterocycles. The summed E-state index contributed by atoms with van der Waals surface area (Å²) in [5, 5.41) is 3.55. The van der Waals surface area contributed by atoms with Crippen LogP contribution in [0.2, 0.25) is 0 Å². The number of fused-ring (bicyclic) bond motifs is 2. The van der Waals surface area contributed by atoms with Crippen molar-refractivity contribution in [2.75, 3.05) is 7.05 Å². The molecule has 1 aliphatic carbocycles. The van der Waals surface area contributed by atoms with Crippen LogP contribution in [0.4, 0.5) is 0 Å². The Morgan fingerprint density at radius 3 is 2.00 bits per heavy atom. The number of piperidine rings is 2. The molecule has 2 bridgehead atoms. The molecular weight excluding hydrogens is 232 g/mol. The number of hydrogen-bond acceptors (Lipinski definition) is 2.